The Hall–Kier alpha value is -2.09. The van der Waals surface area contributed by atoms with Crippen LogP contribution in [0.5, 0.6) is 5.75 Å². The van der Waals surface area contributed by atoms with Gasteiger partial charge in [-0.05, 0) is 52.4 Å². The number of ether oxygens (including phenoxy) is 1. The van der Waals surface area contributed by atoms with Gasteiger partial charge in [0.05, 0.1) is 19.2 Å². The fourth-order valence-electron chi connectivity index (χ4n) is 2.12. The van der Waals surface area contributed by atoms with Gasteiger partial charge < -0.3 is 15.0 Å². The second-order valence-corrected chi connectivity index (χ2v) is 6.42. The molecule has 0 aliphatic carbocycles. The molecule has 0 unspecified atom stereocenters. The lowest BCUT2D eigenvalue weighted by Gasteiger charge is -2.18. The summed E-state index contributed by atoms with van der Waals surface area (Å²) in [5.74, 6) is 0.383. The lowest BCUT2D eigenvalue weighted by Crippen LogP contribution is -2.38. The molecule has 0 fully saturated rings. The number of nitrogens with zero attached hydrogens (tertiary/aromatic N) is 1. The van der Waals surface area contributed by atoms with Crippen LogP contribution in [0.1, 0.15) is 15.9 Å². The van der Waals surface area contributed by atoms with E-state index in [1.54, 1.807) is 31.2 Å². The predicted octanol–water partition coefficient (Wildman–Crippen LogP) is 2.69. The third-order valence-electron chi connectivity index (χ3n) is 3.52. The van der Waals surface area contributed by atoms with Crippen LogP contribution < -0.4 is 10.1 Å². The van der Waals surface area contributed by atoms with Crippen LogP contribution >= 0.6 is 22.6 Å². The van der Waals surface area contributed by atoms with Gasteiger partial charge in [-0.25, -0.2) is 0 Å². The topological polar surface area (TPSA) is 58.6 Å². The first-order valence-corrected chi connectivity index (χ1v) is 8.48. The van der Waals surface area contributed by atoms with Crippen LogP contribution in [-0.4, -0.2) is 37.4 Å². The molecule has 24 heavy (non-hydrogen) atoms. The molecule has 0 spiro atoms. The summed E-state index contributed by atoms with van der Waals surface area (Å²) in [6.07, 6.45) is 0. The zero-order valence-corrected chi connectivity index (χ0v) is 15.7. The molecule has 5 nitrogen and oxygen atoms in total. The molecule has 0 aliphatic rings. The van der Waals surface area contributed by atoms with E-state index in [4.69, 9.17) is 4.74 Å². The fraction of sp³-hybridized carbons (Fsp3) is 0.222. The third-order valence-corrected chi connectivity index (χ3v) is 4.46. The average molecular weight is 438 g/mol. The van der Waals surface area contributed by atoms with E-state index in [0.29, 0.717) is 12.1 Å². The number of methoxy groups -OCH3 is 1. The Kier molecular flexibility index (Phi) is 6.60. The van der Waals surface area contributed by atoms with Crippen LogP contribution in [0.25, 0.3) is 0 Å². The number of likely N-dealkylation sites (N-methyl/N-ethyl adjacent to an activating group) is 1. The molecule has 0 radical (unpaired) electrons. The number of hydrogen-bond acceptors (Lipinski definition) is 3. The van der Waals surface area contributed by atoms with Crippen molar-refractivity contribution in [2.75, 3.05) is 20.7 Å². The van der Waals surface area contributed by atoms with E-state index >= 15 is 0 Å². The van der Waals surface area contributed by atoms with Crippen molar-refractivity contribution in [3.05, 3.63) is 63.2 Å². The molecular weight excluding hydrogens is 419 g/mol. The highest BCUT2D eigenvalue weighted by atomic mass is 127. The van der Waals surface area contributed by atoms with Gasteiger partial charge in [-0.1, -0.05) is 24.3 Å². The van der Waals surface area contributed by atoms with Crippen LogP contribution in [0.2, 0.25) is 0 Å². The first-order valence-electron chi connectivity index (χ1n) is 7.41. The average Bonchev–Trinajstić information content (AvgIpc) is 2.60. The second kappa shape index (κ2) is 8.68. The molecule has 0 aromatic heterocycles. The molecule has 2 amide bonds. The standard InChI is InChI=1S/C18H19IN2O3/c1-21(12-13-7-9-14(24-2)10-8-13)17(22)11-20-18(23)15-5-3-4-6-16(15)19/h3-10H,11-12H2,1-2H3,(H,20,23). The van der Waals surface area contributed by atoms with Crippen molar-refractivity contribution < 1.29 is 14.3 Å². The maximum absolute atomic E-state index is 12.2. The Morgan fingerprint density at radius 1 is 1.12 bits per heavy atom. The SMILES string of the molecule is COc1ccc(CN(C)C(=O)CNC(=O)c2ccccc2I)cc1. The maximum Gasteiger partial charge on any atom is 0.252 e. The lowest BCUT2D eigenvalue weighted by molar-refractivity contribution is -0.129. The normalized spacial score (nSPS) is 10.1. The summed E-state index contributed by atoms with van der Waals surface area (Å²) in [7, 11) is 3.33. The highest BCUT2D eigenvalue weighted by molar-refractivity contribution is 14.1. The Morgan fingerprint density at radius 2 is 1.79 bits per heavy atom. The van der Waals surface area contributed by atoms with E-state index in [1.165, 1.54) is 0 Å². The molecule has 126 valence electrons. The molecule has 2 aromatic carbocycles. The number of nitrogens with one attached hydrogen (secondary N) is 1. The summed E-state index contributed by atoms with van der Waals surface area (Å²) in [6.45, 7) is 0.442. The van der Waals surface area contributed by atoms with Crippen molar-refractivity contribution in [1.29, 1.82) is 0 Å². The minimum atomic E-state index is -0.244. The van der Waals surface area contributed by atoms with Crippen LogP contribution in [0.3, 0.4) is 0 Å². The van der Waals surface area contributed by atoms with Crippen molar-refractivity contribution in [2.24, 2.45) is 0 Å². The van der Waals surface area contributed by atoms with Gasteiger partial charge in [0.25, 0.3) is 5.91 Å². The number of halogens is 1. The third kappa shape index (κ3) is 4.95. The summed E-state index contributed by atoms with van der Waals surface area (Å²) in [4.78, 5) is 25.9. The van der Waals surface area contributed by atoms with Crippen LogP contribution in [0.15, 0.2) is 48.5 Å². The Bertz CT molecular complexity index is 716. The van der Waals surface area contributed by atoms with E-state index in [0.717, 1.165) is 14.9 Å². The molecular formula is C18H19IN2O3. The molecule has 6 heteroatoms. The van der Waals surface area contributed by atoms with Crippen molar-refractivity contribution in [3.63, 3.8) is 0 Å². The zero-order valence-electron chi connectivity index (χ0n) is 13.6. The summed E-state index contributed by atoms with van der Waals surface area (Å²) >= 11 is 2.10. The molecule has 0 bridgehead atoms. The largest absolute Gasteiger partial charge is 0.497 e. The Labute approximate surface area is 155 Å². The van der Waals surface area contributed by atoms with Gasteiger partial charge >= 0.3 is 0 Å². The molecule has 2 aromatic rings. The van der Waals surface area contributed by atoms with Gasteiger partial charge in [-0.3, -0.25) is 9.59 Å². The fourth-order valence-corrected chi connectivity index (χ4v) is 2.76. The number of rotatable bonds is 6. The van der Waals surface area contributed by atoms with Gasteiger partial charge in [0.15, 0.2) is 0 Å². The molecule has 0 atom stereocenters. The predicted molar refractivity (Wildman–Crippen MR) is 101 cm³/mol. The van der Waals surface area contributed by atoms with E-state index in [9.17, 15) is 9.59 Å². The van der Waals surface area contributed by atoms with E-state index in [2.05, 4.69) is 27.9 Å². The van der Waals surface area contributed by atoms with Crippen LogP contribution in [0, 0.1) is 3.57 Å². The smallest absolute Gasteiger partial charge is 0.252 e. The Morgan fingerprint density at radius 3 is 2.42 bits per heavy atom. The van der Waals surface area contributed by atoms with Crippen LogP contribution in [-0.2, 0) is 11.3 Å². The van der Waals surface area contributed by atoms with Gasteiger partial charge in [0.2, 0.25) is 5.91 Å². The van der Waals surface area contributed by atoms with Crippen molar-refractivity contribution in [1.82, 2.24) is 10.2 Å². The molecule has 0 saturated carbocycles. The highest BCUT2D eigenvalue weighted by Gasteiger charge is 2.13. The van der Waals surface area contributed by atoms with Gasteiger partial charge in [0.1, 0.15) is 5.75 Å². The minimum Gasteiger partial charge on any atom is -0.497 e. The first kappa shape index (κ1) is 18.3. The summed E-state index contributed by atoms with van der Waals surface area (Å²) in [6, 6.07) is 14.8. The molecule has 2 rings (SSSR count). The lowest BCUT2D eigenvalue weighted by atomic mass is 10.2. The van der Waals surface area contributed by atoms with Crippen molar-refractivity contribution in [3.8, 4) is 5.75 Å². The second-order valence-electron chi connectivity index (χ2n) is 5.26. The van der Waals surface area contributed by atoms with E-state index in [1.807, 2.05) is 36.4 Å². The van der Waals surface area contributed by atoms with E-state index < -0.39 is 0 Å². The number of carbonyl (C=O) groups excluding carboxylic acids is 2. The number of hydrogen-bond donors (Lipinski definition) is 1. The van der Waals surface area contributed by atoms with Gasteiger partial charge in [-0.15, -0.1) is 0 Å². The monoisotopic (exact) mass is 438 g/mol. The quantitative estimate of drug-likeness (QED) is 0.706. The van der Waals surface area contributed by atoms with Crippen LogP contribution in [0.4, 0.5) is 0 Å². The first-order chi connectivity index (χ1) is 11.5. The molecule has 1 N–H and O–H groups in total. The van der Waals surface area contributed by atoms with Gasteiger partial charge in [0, 0.05) is 17.2 Å². The summed E-state index contributed by atoms with van der Waals surface area (Å²) in [5.41, 5.74) is 1.57. The molecule has 0 aliphatic heterocycles. The Balaban J connectivity index is 1.87. The zero-order chi connectivity index (χ0) is 17.5. The van der Waals surface area contributed by atoms with Gasteiger partial charge in [-0.2, -0.15) is 0 Å². The number of amides is 2. The minimum absolute atomic E-state index is 0.0313. The maximum atomic E-state index is 12.2. The molecule has 0 saturated heterocycles. The van der Waals surface area contributed by atoms with E-state index in [-0.39, 0.29) is 18.4 Å². The number of carbonyl (C=O) groups is 2. The summed E-state index contributed by atoms with van der Waals surface area (Å²) < 4.78 is 5.96. The summed E-state index contributed by atoms with van der Waals surface area (Å²) in [5, 5.41) is 2.67. The number of benzene rings is 2. The van der Waals surface area contributed by atoms with Crippen molar-refractivity contribution in [2.45, 2.75) is 6.54 Å². The molecule has 0 heterocycles. The highest BCUT2D eigenvalue weighted by Crippen LogP contribution is 2.13. The van der Waals surface area contributed by atoms with Crippen molar-refractivity contribution >= 4 is 34.4 Å².